The van der Waals surface area contributed by atoms with Crippen molar-refractivity contribution in [2.24, 2.45) is 23.2 Å². The van der Waals surface area contributed by atoms with Crippen LogP contribution >= 0.6 is 0 Å². The lowest BCUT2D eigenvalue weighted by Crippen LogP contribution is -2.56. The number of nitrogens with zero attached hydrogens (tertiary/aromatic N) is 1. The molecule has 4 aliphatic rings. The van der Waals surface area contributed by atoms with Gasteiger partial charge in [-0.05, 0) is 74.2 Å². The molecule has 4 saturated carbocycles. The van der Waals surface area contributed by atoms with E-state index < -0.39 is 14.9 Å². The molecule has 1 aromatic carbocycles. The fourth-order valence-corrected chi connectivity index (χ4v) is 7.81. The molecule has 0 heterocycles. The molecule has 0 aliphatic heterocycles. The first-order valence-electron chi connectivity index (χ1n) is 10.1. The average Bonchev–Trinajstić information content (AvgIpc) is 2.60. The molecule has 148 valence electrons. The lowest BCUT2D eigenvalue weighted by Gasteiger charge is -2.59. The van der Waals surface area contributed by atoms with E-state index in [1.807, 2.05) is 0 Å². The van der Waals surface area contributed by atoms with Crippen LogP contribution in [-0.2, 0) is 10.0 Å². The topological polar surface area (TPSA) is 89.3 Å². The van der Waals surface area contributed by atoms with Crippen LogP contribution in [0.5, 0.6) is 0 Å². The lowest BCUT2D eigenvalue weighted by molar-refractivity contribution is -0.385. The van der Waals surface area contributed by atoms with Crippen molar-refractivity contribution in [3.05, 3.63) is 34.4 Å². The third-order valence-corrected chi connectivity index (χ3v) is 8.51. The highest BCUT2D eigenvalue weighted by Crippen LogP contribution is 2.61. The van der Waals surface area contributed by atoms with Crippen LogP contribution < -0.4 is 4.72 Å². The van der Waals surface area contributed by atoms with E-state index in [0.717, 1.165) is 55.9 Å². The standard InChI is InChI=1S/C20H28N2O4S/c1-2-4-19(20-11-14-7-15(12-20)9-16(8-14)13-20)21-27(25,26)18-6-3-5-17(10-18)22(23)24/h3,5-6,10,14-16,19,21H,2,4,7-9,11-13H2,1H3. The SMILES string of the molecule is CCCC(NS(=O)(=O)c1cccc([N+](=O)[O-])c1)C12CC3CC(CC(C3)C1)C2. The van der Waals surface area contributed by atoms with Gasteiger partial charge in [0.1, 0.15) is 0 Å². The maximum absolute atomic E-state index is 13.1. The first-order valence-corrected chi connectivity index (χ1v) is 11.6. The van der Waals surface area contributed by atoms with Crippen LogP contribution in [0.15, 0.2) is 29.2 Å². The second-order valence-corrected chi connectivity index (χ2v) is 10.7. The van der Waals surface area contributed by atoms with E-state index in [2.05, 4.69) is 11.6 Å². The van der Waals surface area contributed by atoms with Crippen LogP contribution in [-0.4, -0.2) is 19.4 Å². The molecular weight excluding hydrogens is 364 g/mol. The monoisotopic (exact) mass is 392 g/mol. The molecule has 4 fully saturated rings. The van der Waals surface area contributed by atoms with Gasteiger partial charge in [0.2, 0.25) is 10.0 Å². The van der Waals surface area contributed by atoms with Crippen LogP contribution in [0.25, 0.3) is 0 Å². The van der Waals surface area contributed by atoms with Gasteiger partial charge in [0.15, 0.2) is 0 Å². The molecule has 0 spiro atoms. The summed E-state index contributed by atoms with van der Waals surface area (Å²) in [7, 11) is -3.79. The van der Waals surface area contributed by atoms with E-state index in [1.54, 1.807) is 0 Å². The molecule has 1 atom stereocenters. The summed E-state index contributed by atoms with van der Waals surface area (Å²) in [6.07, 6.45) is 9.06. The summed E-state index contributed by atoms with van der Waals surface area (Å²) in [4.78, 5) is 10.5. The normalized spacial score (nSPS) is 33.1. The molecule has 0 saturated heterocycles. The van der Waals surface area contributed by atoms with Crippen LogP contribution in [0.1, 0.15) is 58.3 Å². The predicted molar refractivity (Wildman–Crippen MR) is 103 cm³/mol. The number of nitro benzene ring substituents is 1. The molecule has 5 rings (SSSR count). The first-order chi connectivity index (χ1) is 12.8. The van der Waals surface area contributed by atoms with Crippen molar-refractivity contribution in [1.82, 2.24) is 4.72 Å². The smallest absolute Gasteiger partial charge is 0.258 e. The van der Waals surface area contributed by atoms with Gasteiger partial charge in [-0.25, -0.2) is 13.1 Å². The molecule has 6 nitrogen and oxygen atoms in total. The maximum atomic E-state index is 13.1. The number of hydrogen-bond acceptors (Lipinski definition) is 4. The summed E-state index contributed by atoms with van der Waals surface area (Å²) in [6.45, 7) is 2.09. The molecule has 1 unspecified atom stereocenters. The van der Waals surface area contributed by atoms with Gasteiger partial charge in [-0.1, -0.05) is 19.4 Å². The quantitative estimate of drug-likeness (QED) is 0.555. The second-order valence-electron chi connectivity index (χ2n) is 9.00. The van der Waals surface area contributed by atoms with E-state index in [9.17, 15) is 18.5 Å². The van der Waals surface area contributed by atoms with Crippen molar-refractivity contribution >= 4 is 15.7 Å². The highest BCUT2D eigenvalue weighted by atomic mass is 32.2. The Labute approximate surface area is 160 Å². The fourth-order valence-electron chi connectivity index (χ4n) is 6.40. The highest BCUT2D eigenvalue weighted by molar-refractivity contribution is 7.89. The van der Waals surface area contributed by atoms with Gasteiger partial charge in [-0.2, -0.15) is 0 Å². The summed E-state index contributed by atoms with van der Waals surface area (Å²) < 4.78 is 29.1. The van der Waals surface area contributed by atoms with Crippen LogP contribution in [0, 0.1) is 33.3 Å². The fraction of sp³-hybridized carbons (Fsp3) is 0.700. The largest absolute Gasteiger partial charge is 0.270 e. The van der Waals surface area contributed by atoms with Crippen molar-refractivity contribution in [1.29, 1.82) is 0 Å². The molecule has 1 N–H and O–H groups in total. The van der Waals surface area contributed by atoms with E-state index in [1.165, 1.54) is 37.5 Å². The highest BCUT2D eigenvalue weighted by Gasteiger charge is 2.54. The molecule has 1 aromatic rings. The molecule has 4 bridgehead atoms. The Bertz CT molecular complexity index is 801. The summed E-state index contributed by atoms with van der Waals surface area (Å²) >= 11 is 0. The van der Waals surface area contributed by atoms with Gasteiger partial charge in [0.05, 0.1) is 9.82 Å². The molecule has 27 heavy (non-hydrogen) atoms. The summed E-state index contributed by atoms with van der Waals surface area (Å²) in [6, 6.07) is 5.27. The number of rotatable bonds is 7. The Morgan fingerprint density at radius 1 is 1.19 bits per heavy atom. The van der Waals surface area contributed by atoms with E-state index >= 15 is 0 Å². The minimum absolute atomic E-state index is 0.0115. The third-order valence-electron chi connectivity index (χ3n) is 7.04. The average molecular weight is 393 g/mol. The summed E-state index contributed by atoms with van der Waals surface area (Å²) in [5, 5.41) is 11.0. The number of hydrogen-bond donors (Lipinski definition) is 1. The molecule has 0 aromatic heterocycles. The minimum Gasteiger partial charge on any atom is -0.258 e. The number of benzene rings is 1. The number of sulfonamides is 1. The van der Waals surface area contributed by atoms with Crippen LogP contribution in [0.3, 0.4) is 0 Å². The predicted octanol–water partition coefficient (Wildman–Crippen LogP) is 4.26. The number of nitro groups is 1. The molecule has 4 aliphatic carbocycles. The third kappa shape index (κ3) is 3.51. The molecule has 0 amide bonds. The maximum Gasteiger partial charge on any atom is 0.270 e. The van der Waals surface area contributed by atoms with Crippen LogP contribution in [0.2, 0.25) is 0 Å². The Morgan fingerprint density at radius 2 is 1.78 bits per heavy atom. The van der Waals surface area contributed by atoms with E-state index in [4.69, 9.17) is 0 Å². The van der Waals surface area contributed by atoms with Crippen molar-refractivity contribution < 1.29 is 13.3 Å². The van der Waals surface area contributed by atoms with Gasteiger partial charge >= 0.3 is 0 Å². The van der Waals surface area contributed by atoms with Crippen molar-refractivity contribution in [2.45, 2.75) is 69.2 Å². The van der Waals surface area contributed by atoms with Gasteiger partial charge in [-0.3, -0.25) is 10.1 Å². The van der Waals surface area contributed by atoms with Crippen molar-refractivity contribution in [2.75, 3.05) is 0 Å². The van der Waals surface area contributed by atoms with Gasteiger partial charge in [0, 0.05) is 18.2 Å². The molecule has 0 radical (unpaired) electrons. The minimum atomic E-state index is -3.79. The molecular formula is C20H28N2O4S. The van der Waals surface area contributed by atoms with Crippen LogP contribution in [0.4, 0.5) is 5.69 Å². The van der Waals surface area contributed by atoms with E-state index in [0.29, 0.717) is 0 Å². The van der Waals surface area contributed by atoms with Gasteiger partial charge in [0.25, 0.3) is 5.69 Å². The number of nitrogens with one attached hydrogen (secondary N) is 1. The van der Waals surface area contributed by atoms with Gasteiger partial charge in [-0.15, -0.1) is 0 Å². The first kappa shape index (κ1) is 18.9. The lowest BCUT2D eigenvalue weighted by atomic mass is 9.47. The Kier molecular flexibility index (Phi) is 4.79. The summed E-state index contributed by atoms with van der Waals surface area (Å²) in [5.41, 5.74) is -0.127. The van der Waals surface area contributed by atoms with E-state index in [-0.39, 0.29) is 22.0 Å². The Balaban J connectivity index is 1.62. The Morgan fingerprint density at radius 3 is 2.30 bits per heavy atom. The summed E-state index contributed by atoms with van der Waals surface area (Å²) in [5.74, 6) is 2.24. The zero-order chi connectivity index (χ0) is 19.2. The van der Waals surface area contributed by atoms with Gasteiger partial charge < -0.3 is 0 Å². The Hall–Kier alpha value is -1.47. The zero-order valence-corrected chi connectivity index (χ0v) is 16.6. The molecule has 7 heteroatoms. The van der Waals surface area contributed by atoms with Crippen molar-refractivity contribution in [3.63, 3.8) is 0 Å². The number of non-ortho nitro benzene ring substituents is 1. The second kappa shape index (κ2) is 6.85. The zero-order valence-electron chi connectivity index (χ0n) is 15.8. The van der Waals surface area contributed by atoms with Crippen molar-refractivity contribution in [3.8, 4) is 0 Å².